The number of pyridine rings is 1. The molecule has 4 heteroatoms. The largest absolute Gasteiger partial charge is 0.384 e. The van der Waals surface area contributed by atoms with Crippen molar-refractivity contribution in [2.24, 2.45) is 5.92 Å². The molecule has 1 heterocycles. The fraction of sp³-hybridized carbons (Fsp3) is 0.625. The maximum absolute atomic E-state index is 12.7. The van der Waals surface area contributed by atoms with Crippen LogP contribution in [-0.4, -0.2) is 35.4 Å². The Labute approximate surface area is 121 Å². The summed E-state index contributed by atoms with van der Waals surface area (Å²) in [5.74, 6) is 0.815. The molecule has 1 aromatic heterocycles. The second-order valence-corrected chi connectivity index (χ2v) is 5.59. The Balaban J connectivity index is 2.17. The minimum absolute atomic E-state index is 0.102. The van der Waals surface area contributed by atoms with Crippen LogP contribution in [0.5, 0.6) is 0 Å². The van der Waals surface area contributed by atoms with E-state index in [0.717, 1.165) is 37.4 Å². The van der Waals surface area contributed by atoms with Crippen LogP contribution in [0.1, 0.15) is 49.2 Å². The Morgan fingerprint density at radius 2 is 2.20 bits per heavy atom. The molecule has 0 aliphatic heterocycles. The number of amides is 1. The number of aryl methyl sites for hydroxylation is 1. The summed E-state index contributed by atoms with van der Waals surface area (Å²) < 4.78 is 0. The molecule has 0 unspecified atom stereocenters. The molecule has 1 aliphatic rings. The van der Waals surface area contributed by atoms with Crippen LogP contribution < -0.4 is 5.32 Å². The van der Waals surface area contributed by atoms with E-state index in [1.54, 1.807) is 6.20 Å². The first-order valence-corrected chi connectivity index (χ1v) is 7.65. The standard InChI is InChI=1S/C16H25N3O/c1-4-8-17-15-9-12(3)18-10-14(15)16(20)19(5-2)11-13-6-7-13/h9-10,13H,4-8,11H2,1-3H3,(H,17,18). The SMILES string of the molecule is CCCNc1cc(C)ncc1C(=O)N(CC)CC1CC1. The van der Waals surface area contributed by atoms with Gasteiger partial charge in [0.05, 0.1) is 11.3 Å². The van der Waals surface area contributed by atoms with Crippen molar-refractivity contribution in [1.82, 2.24) is 9.88 Å². The molecule has 0 atom stereocenters. The van der Waals surface area contributed by atoms with E-state index in [1.807, 2.05) is 24.8 Å². The highest BCUT2D eigenvalue weighted by molar-refractivity contribution is 5.99. The lowest BCUT2D eigenvalue weighted by Crippen LogP contribution is -2.33. The Morgan fingerprint density at radius 3 is 2.80 bits per heavy atom. The highest BCUT2D eigenvalue weighted by Gasteiger charge is 2.27. The summed E-state index contributed by atoms with van der Waals surface area (Å²) in [6, 6.07) is 1.97. The minimum atomic E-state index is 0.102. The van der Waals surface area contributed by atoms with Crippen LogP contribution in [0.15, 0.2) is 12.3 Å². The van der Waals surface area contributed by atoms with Gasteiger partial charge in [-0.05, 0) is 45.1 Å². The quantitative estimate of drug-likeness (QED) is 0.831. The molecule has 0 bridgehead atoms. The summed E-state index contributed by atoms with van der Waals surface area (Å²) in [5, 5.41) is 3.35. The summed E-state index contributed by atoms with van der Waals surface area (Å²) in [6.07, 6.45) is 5.27. The molecule has 0 aromatic carbocycles. The molecule has 0 saturated heterocycles. The molecule has 0 radical (unpaired) electrons. The number of carbonyl (C=O) groups excluding carboxylic acids is 1. The van der Waals surface area contributed by atoms with E-state index in [1.165, 1.54) is 12.8 Å². The molecule has 1 N–H and O–H groups in total. The van der Waals surface area contributed by atoms with Crippen molar-refractivity contribution in [2.75, 3.05) is 25.0 Å². The van der Waals surface area contributed by atoms with Gasteiger partial charge in [-0.2, -0.15) is 0 Å². The molecule has 1 aliphatic carbocycles. The predicted molar refractivity (Wildman–Crippen MR) is 82.1 cm³/mol. The van der Waals surface area contributed by atoms with Crippen molar-refractivity contribution in [1.29, 1.82) is 0 Å². The first kappa shape index (κ1) is 14.8. The van der Waals surface area contributed by atoms with Gasteiger partial charge >= 0.3 is 0 Å². The summed E-state index contributed by atoms with van der Waals surface area (Å²) in [7, 11) is 0. The molecule has 2 rings (SSSR count). The van der Waals surface area contributed by atoms with Gasteiger partial charge in [-0.15, -0.1) is 0 Å². The first-order chi connectivity index (χ1) is 9.65. The van der Waals surface area contributed by atoms with E-state index in [2.05, 4.69) is 17.2 Å². The fourth-order valence-corrected chi connectivity index (χ4v) is 2.27. The zero-order valence-corrected chi connectivity index (χ0v) is 12.8. The van der Waals surface area contributed by atoms with Gasteiger partial charge in [-0.1, -0.05) is 6.92 Å². The summed E-state index contributed by atoms with van der Waals surface area (Å²) >= 11 is 0. The lowest BCUT2D eigenvalue weighted by Gasteiger charge is -2.22. The molecule has 1 fully saturated rings. The summed E-state index contributed by atoms with van der Waals surface area (Å²) in [5.41, 5.74) is 2.55. The van der Waals surface area contributed by atoms with Crippen molar-refractivity contribution >= 4 is 11.6 Å². The number of aromatic nitrogens is 1. The Morgan fingerprint density at radius 1 is 1.45 bits per heavy atom. The highest BCUT2D eigenvalue weighted by atomic mass is 16.2. The van der Waals surface area contributed by atoms with Crippen LogP contribution in [-0.2, 0) is 0 Å². The Kier molecular flexibility index (Phi) is 4.99. The van der Waals surface area contributed by atoms with Crippen LogP contribution in [0.4, 0.5) is 5.69 Å². The van der Waals surface area contributed by atoms with Gasteiger partial charge in [0.25, 0.3) is 5.91 Å². The topological polar surface area (TPSA) is 45.2 Å². The van der Waals surface area contributed by atoms with Crippen molar-refractivity contribution in [3.63, 3.8) is 0 Å². The maximum Gasteiger partial charge on any atom is 0.257 e. The third kappa shape index (κ3) is 3.71. The minimum Gasteiger partial charge on any atom is -0.384 e. The molecule has 0 spiro atoms. The molecule has 1 saturated carbocycles. The summed E-state index contributed by atoms with van der Waals surface area (Å²) in [6.45, 7) is 8.63. The Bertz CT molecular complexity index is 469. The lowest BCUT2D eigenvalue weighted by molar-refractivity contribution is 0.0757. The van der Waals surface area contributed by atoms with Gasteiger partial charge in [0.15, 0.2) is 0 Å². The third-order valence-corrected chi connectivity index (χ3v) is 3.68. The van der Waals surface area contributed by atoms with E-state index >= 15 is 0 Å². The molecule has 4 nitrogen and oxygen atoms in total. The molecule has 1 aromatic rings. The number of nitrogens with one attached hydrogen (secondary N) is 1. The van der Waals surface area contributed by atoms with Crippen molar-refractivity contribution in [3.8, 4) is 0 Å². The zero-order valence-electron chi connectivity index (χ0n) is 12.8. The molecular weight excluding hydrogens is 250 g/mol. The number of hydrogen-bond acceptors (Lipinski definition) is 3. The second-order valence-electron chi connectivity index (χ2n) is 5.59. The maximum atomic E-state index is 12.7. The molecule has 20 heavy (non-hydrogen) atoms. The third-order valence-electron chi connectivity index (χ3n) is 3.68. The van der Waals surface area contributed by atoms with Gasteiger partial charge < -0.3 is 10.2 Å². The van der Waals surface area contributed by atoms with Crippen LogP contribution >= 0.6 is 0 Å². The second kappa shape index (κ2) is 6.73. The molecule has 1 amide bonds. The fourth-order valence-electron chi connectivity index (χ4n) is 2.27. The summed E-state index contributed by atoms with van der Waals surface area (Å²) in [4.78, 5) is 18.9. The monoisotopic (exact) mass is 275 g/mol. The smallest absolute Gasteiger partial charge is 0.257 e. The van der Waals surface area contributed by atoms with Gasteiger partial charge in [0.1, 0.15) is 0 Å². The average Bonchev–Trinajstić information content (AvgIpc) is 3.26. The van der Waals surface area contributed by atoms with Crippen molar-refractivity contribution < 1.29 is 4.79 Å². The number of nitrogens with zero attached hydrogens (tertiary/aromatic N) is 2. The Hall–Kier alpha value is -1.58. The van der Waals surface area contributed by atoms with Crippen LogP contribution in [0, 0.1) is 12.8 Å². The van der Waals surface area contributed by atoms with Gasteiger partial charge in [-0.3, -0.25) is 9.78 Å². The molecular formula is C16H25N3O. The highest BCUT2D eigenvalue weighted by Crippen LogP contribution is 2.30. The average molecular weight is 275 g/mol. The van der Waals surface area contributed by atoms with Crippen molar-refractivity contribution in [3.05, 3.63) is 23.5 Å². The number of anilines is 1. The first-order valence-electron chi connectivity index (χ1n) is 7.65. The van der Waals surface area contributed by atoms with Crippen LogP contribution in [0.3, 0.4) is 0 Å². The predicted octanol–water partition coefficient (Wildman–Crippen LogP) is 3.08. The number of hydrogen-bond donors (Lipinski definition) is 1. The number of carbonyl (C=O) groups is 1. The van der Waals surface area contributed by atoms with E-state index in [-0.39, 0.29) is 5.91 Å². The van der Waals surface area contributed by atoms with Crippen molar-refractivity contribution in [2.45, 2.75) is 40.0 Å². The lowest BCUT2D eigenvalue weighted by atomic mass is 10.1. The van der Waals surface area contributed by atoms with Gasteiger partial charge in [0, 0.05) is 31.5 Å². The number of rotatable bonds is 7. The normalized spacial score (nSPS) is 14.2. The van der Waals surface area contributed by atoms with E-state index < -0.39 is 0 Å². The van der Waals surface area contributed by atoms with Gasteiger partial charge in [0.2, 0.25) is 0 Å². The van der Waals surface area contributed by atoms with E-state index in [4.69, 9.17) is 0 Å². The van der Waals surface area contributed by atoms with Crippen LogP contribution in [0.25, 0.3) is 0 Å². The zero-order chi connectivity index (χ0) is 14.5. The van der Waals surface area contributed by atoms with E-state index in [9.17, 15) is 4.79 Å². The van der Waals surface area contributed by atoms with E-state index in [0.29, 0.717) is 11.5 Å². The van der Waals surface area contributed by atoms with Gasteiger partial charge in [-0.25, -0.2) is 0 Å². The molecule has 110 valence electrons. The van der Waals surface area contributed by atoms with Crippen LogP contribution in [0.2, 0.25) is 0 Å².